The Morgan fingerprint density at radius 3 is 2.15 bits per heavy atom. The van der Waals surface area contributed by atoms with Crippen molar-refractivity contribution in [3.63, 3.8) is 0 Å². The van der Waals surface area contributed by atoms with Crippen molar-refractivity contribution in [3.05, 3.63) is 101 Å². The van der Waals surface area contributed by atoms with E-state index in [2.05, 4.69) is 46.1 Å². The predicted octanol–water partition coefficient (Wildman–Crippen LogP) is 7.23. The van der Waals surface area contributed by atoms with E-state index in [-0.39, 0.29) is 23.8 Å². The molecule has 0 fully saturated rings. The van der Waals surface area contributed by atoms with E-state index < -0.39 is 20.2 Å². The molecule has 0 radical (unpaired) electrons. The fraction of sp³-hybridized carbons (Fsp3) is 0.441. The van der Waals surface area contributed by atoms with Crippen LogP contribution in [0.1, 0.15) is 74.5 Å². The summed E-state index contributed by atoms with van der Waals surface area (Å²) in [5.74, 6) is -0.666. The molecular formula is C34H47NO5Si. The maximum atomic E-state index is 11.3. The van der Waals surface area contributed by atoms with Crippen molar-refractivity contribution < 1.29 is 24.2 Å². The molecule has 0 amide bonds. The summed E-state index contributed by atoms with van der Waals surface area (Å²) in [6, 6.07) is 24.0. The average molecular weight is 578 g/mol. The minimum absolute atomic E-state index is 0.0459. The van der Waals surface area contributed by atoms with E-state index in [0.717, 1.165) is 34.2 Å². The summed E-state index contributed by atoms with van der Waals surface area (Å²) in [5.41, 5.74) is 4.78. The quantitative estimate of drug-likeness (QED) is 0.175. The highest BCUT2D eigenvalue weighted by molar-refractivity contribution is 6.74. The highest BCUT2D eigenvalue weighted by Crippen LogP contribution is 2.40. The molecule has 3 atom stereocenters. The van der Waals surface area contributed by atoms with Crippen molar-refractivity contribution in [1.82, 2.24) is 5.32 Å². The van der Waals surface area contributed by atoms with Gasteiger partial charge in [-0.1, -0.05) is 81.4 Å². The zero-order valence-electron chi connectivity index (χ0n) is 25.6. The number of nitrogens with one attached hydrogen (secondary N) is 1. The van der Waals surface area contributed by atoms with Crippen LogP contribution in [0.5, 0.6) is 5.75 Å². The van der Waals surface area contributed by atoms with Gasteiger partial charge < -0.3 is 24.7 Å². The summed E-state index contributed by atoms with van der Waals surface area (Å²) in [7, 11) is -2.11. The standard InChI is InChI=1S/C34H47NO5Si/c1-24(19-26-13-15-28(16-14-26)25(2)33(37)38)35-21-32(40-41(6,7)34(3,4)5)29-17-18-31(30(20-29)22-36)39-23-27-11-9-8-10-12-27/h8-18,20,24-25,32,35-36H,19,21-23H2,1-7H3,(H,37,38)/t24-,25?,32-/m1/s1. The zero-order valence-corrected chi connectivity index (χ0v) is 26.6. The van der Waals surface area contributed by atoms with E-state index in [9.17, 15) is 15.0 Å². The zero-order chi connectivity index (χ0) is 30.2. The Kier molecular flexibility index (Phi) is 11.3. The van der Waals surface area contributed by atoms with E-state index in [1.807, 2.05) is 72.8 Å². The SMILES string of the molecule is CC(C(=O)O)c1ccc(C[C@@H](C)NC[C@@H](O[Si](C)(C)C(C)(C)C)c2ccc(OCc3ccccc3)c(CO)c2)cc1. The number of aliphatic hydroxyl groups excluding tert-OH is 1. The summed E-state index contributed by atoms with van der Waals surface area (Å²) in [5, 5.41) is 23.2. The molecular weight excluding hydrogens is 530 g/mol. The molecule has 1 unspecified atom stereocenters. The fourth-order valence-corrected chi connectivity index (χ4v) is 5.66. The fourth-order valence-electron chi connectivity index (χ4n) is 4.38. The lowest BCUT2D eigenvalue weighted by Crippen LogP contribution is -2.44. The molecule has 0 saturated heterocycles. The normalized spacial score (nSPS) is 14.3. The minimum Gasteiger partial charge on any atom is -0.489 e. The number of carboxylic acid groups (broad SMARTS) is 1. The molecule has 0 saturated carbocycles. The van der Waals surface area contributed by atoms with Gasteiger partial charge in [0.25, 0.3) is 0 Å². The van der Waals surface area contributed by atoms with Gasteiger partial charge in [0.15, 0.2) is 8.32 Å². The average Bonchev–Trinajstić information content (AvgIpc) is 2.94. The largest absolute Gasteiger partial charge is 0.489 e. The second-order valence-electron chi connectivity index (χ2n) is 12.5. The van der Waals surface area contributed by atoms with Crippen LogP contribution in [-0.4, -0.2) is 37.1 Å². The molecule has 3 rings (SSSR count). The number of carbonyl (C=O) groups is 1. The Balaban J connectivity index is 1.75. The van der Waals surface area contributed by atoms with Crippen LogP contribution >= 0.6 is 0 Å². The van der Waals surface area contributed by atoms with E-state index >= 15 is 0 Å². The van der Waals surface area contributed by atoms with Gasteiger partial charge in [0.05, 0.1) is 18.6 Å². The van der Waals surface area contributed by atoms with Crippen LogP contribution in [0.4, 0.5) is 0 Å². The van der Waals surface area contributed by atoms with Crippen molar-refractivity contribution in [2.45, 2.75) is 90.4 Å². The van der Waals surface area contributed by atoms with Crippen LogP contribution in [0.3, 0.4) is 0 Å². The number of hydrogen-bond donors (Lipinski definition) is 3. The van der Waals surface area contributed by atoms with Gasteiger partial charge in [-0.05, 0) is 72.8 Å². The van der Waals surface area contributed by atoms with Crippen LogP contribution in [0.15, 0.2) is 72.8 Å². The number of benzene rings is 3. The van der Waals surface area contributed by atoms with Crippen molar-refractivity contribution in [3.8, 4) is 5.75 Å². The monoisotopic (exact) mass is 577 g/mol. The summed E-state index contributed by atoms with van der Waals surface area (Å²) >= 11 is 0. The minimum atomic E-state index is -2.11. The van der Waals surface area contributed by atoms with Gasteiger partial charge in [-0.25, -0.2) is 0 Å². The van der Waals surface area contributed by atoms with Gasteiger partial charge in [0.2, 0.25) is 0 Å². The molecule has 222 valence electrons. The molecule has 0 aliphatic carbocycles. The third-order valence-electron chi connectivity index (χ3n) is 8.15. The Morgan fingerprint density at radius 2 is 1.56 bits per heavy atom. The summed E-state index contributed by atoms with van der Waals surface area (Å²) in [6.07, 6.45) is 0.619. The first-order valence-corrected chi connectivity index (χ1v) is 17.3. The highest BCUT2D eigenvalue weighted by atomic mass is 28.4. The first-order valence-electron chi connectivity index (χ1n) is 14.4. The lowest BCUT2D eigenvalue weighted by molar-refractivity contribution is -0.138. The number of ether oxygens (including phenoxy) is 1. The first-order chi connectivity index (χ1) is 19.3. The third kappa shape index (κ3) is 9.26. The molecule has 41 heavy (non-hydrogen) atoms. The molecule has 7 heteroatoms. The smallest absolute Gasteiger partial charge is 0.310 e. The Labute approximate surface area is 246 Å². The number of aliphatic hydroxyl groups is 1. The Morgan fingerprint density at radius 1 is 0.927 bits per heavy atom. The molecule has 0 aliphatic rings. The van der Waals surface area contributed by atoms with Crippen molar-refractivity contribution >= 4 is 14.3 Å². The second kappa shape index (κ2) is 14.3. The molecule has 0 heterocycles. The topological polar surface area (TPSA) is 88.0 Å². The summed E-state index contributed by atoms with van der Waals surface area (Å²) in [4.78, 5) is 11.3. The van der Waals surface area contributed by atoms with E-state index in [4.69, 9.17) is 9.16 Å². The second-order valence-corrected chi connectivity index (χ2v) is 17.2. The molecule has 0 spiro atoms. The first kappa shape index (κ1) is 32.5. The van der Waals surface area contributed by atoms with Crippen LogP contribution in [0, 0.1) is 0 Å². The van der Waals surface area contributed by atoms with Crippen molar-refractivity contribution in [1.29, 1.82) is 0 Å². The highest BCUT2D eigenvalue weighted by Gasteiger charge is 2.39. The van der Waals surface area contributed by atoms with Crippen LogP contribution in [0.25, 0.3) is 0 Å². The van der Waals surface area contributed by atoms with E-state index in [1.165, 1.54) is 0 Å². The lowest BCUT2D eigenvalue weighted by Gasteiger charge is -2.40. The Hall–Kier alpha value is -2.97. The molecule has 0 aromatic heterocycles. The number of rotatable bonds is 14. The third-order valence-corrected chi connectivity index (χ3v) is 12.6. The Bertz CT molecular complexity index is 1250. The molecule has 3 aromatic carbocycles. The maximum absolute atomic E-state index is 11.3. The predicted molar refractivity (Wildman–Crippen MR) is 168 cm³/mol. The number of carboxylic acids is 1. The van der Waals surface area contributed by atoms with Gasteiger partial charge in [0, 0.05) is 18.2 Å². The summed E-state index contributed by atoms with van der Waals surface area (Å²) in [6.45, 7) is 16.0. The van der Waals surface area contributed by atoms with Gasteiger partial charge >= 0.3 is 5.97 Å². The molecule has 6 nitrogen and oxygen atoms in total. The van der Waals surface area contributed by atoms with E-state index in [0.29, 0.717) is 18.9 Å². The molecule has 0 bridgehead atoms. The van der Waals surface area contributed by atoms with Crippen LogP contribution in [0.2, 0.25) is 18.1 Å². The maximum Gasteiger partial charge on any atom is 0.310 e. The van der Waals surface area contributed by atoms with Gasteiger partial charge in [-0.3, -0.25) is 4.79 Å². The van der Waals surface area contributed by atoms with Crippen LogP contribution in [-0.2, 0) is 28.9 Å². The van der Waals surface area contributed by atoms with E-state index in [1.54, 1.807) is 6.92 Å². The molecule has 0 aliphatic heterocycles. The number of hydrogen-bond acceptors (Lipinski definition) is 5. The van der Waals surface area contributed by atoms with Crippen LogP contribution < -0.4 is 10.1 Å². The van der Waals surface area contributed by atoms with Crippen molar-refractivity contribution in [2.24, 2.45) is 0 Å². The van der Waals surface area contributed by atoms with Gasteiger partial charge in [0.1, 0.15) is 12.4 Å². The lowest BCUT2D eigenvalue weighted by atomic mass is 9.98. The van der Waals surface area contributed by atoms with Gasteiger partial charge in [-0.15, -0.1) is 0 Å². The van der Waals surface area contributed by atoms with Crippen molar-refractivity contribution in [2.75, 3.05) is 6.54 Å². The molecule has 3 N–H and O–H groups in total. The molecule has 3 aromatic rings. The number of aliphatic carboxylic acids is 1. The van der Waals surface area contributed by atoms with Gasteiger partial charge in [-0.2, -0.15) is 0 Å². The summed E-state index contributed by atoms with van der Waals surface area (Å²) < 4.78 is 13.0.